The second-order valence-electron chi connectivity index (χ2n) is 5.56. The van der Waals surface area contributed by atoms with E-state index in [1.165, 1.54) is 18.5 Å². The van der Waals surface area contributed by atoms with E-state index in [1.807, 2.05) is 17.0 Å². The molecule has 2 saturated heterocycles. The summed E-state index contributed by atoms with van der Waals surface area (Å²) in [5.74, 6) is 0.881. The number of hydrogen-bond donors (Lipinski definition) is 0. The lowest BCUT2D eigenvalue weighted by atomic mass is 10.3. The molecule has 0 saturated carbocycles. The molecule has 0 bridgehead atoms. The summed E-state index contributed by atoms with van der Waals surface area (Å²) in [5.41, 5.74) is 1.25. The molecular formula is C16H22N2O2. The van der Waals surface area contributed by atoms with E-state index in [0.717, 1.165) is 44.8 Å². The van der Waals surface area contributed by atoms with Gasteiger partial charge in [0.2, 0.25) is 0 Å². The zero-order chi connectivity index (χ0) is 13.8. The van der Waals surface area contributed by atoms with Crippen molar-refractivity contribution in [3.8, 4) is 5.75 Å². The minimum atomic E-state index is 0.103. The van der Waals surface area contributed by atoms with Crippen molar-refractivity contribution in [2.45, 2.75) is 25.7 Å². The molecule has 0 unspecified atom stereocenters. The average molecular weight is 274 g/mol. The highest BCUT2D eigenvalue weighted by Crippen LogP contribution is 2.23. The summed E-state index contributed by atoms with van der Waals surface area (Å²) < 4.78 is 5.59. The van der Waals surface area contributed by atoms with Gasteiger partial charge in [-0.3, -0.25) is 4.79 Å². The highest BCUT2D eigenvalue weighted by molar-refractivity contribution is 5.78. The Bertz CT molecular complexity index is 446. The molecule has 0 aliphatic carbocycles. The molecule has 2 aliphatic rings. The molecule has 2 fully saturated rings. The van der Waals surface area contributed by atoms with Gasteiger partial charge in [-0.15, -0.1) is 0 Å². The molecule has 1 aromatic carbocycles. The molecule has 108 valence electrons. The smallest absolute Gasteiger partial charge is 0.260 e. The van der Waals surface area contributed by atoms with E-state index in [1.54, 1.807) is 0 Å². The number of nitrogens with zero attached hydrogens (tertiary/aromatic N) is 2. The van der Waals surface area contributed by atoms with E-state index in [9.17, 15) is 4.79 Å². The van der Waals surface area contributed by atoms with Crippen LogP contribution in [0.2, 0.25) is 0 Å². The molecule has 20 heavy (non-hydrogen) atoms. The SMILES string of the molecule is O=C(COc1ccc(N2CCCC2)cc1)N1CCCC1. The number of amides is 1. The highest BCUT2D eigenvalue weighted by Gasteiger charge is 2.18. The molecule has 0 aromatic heterocycles. The fourth-order valence-electron chi connectivity index (χ4n) is 2.93. The van der Waals surface area contributed by atoms with Crippen LogP contribution in [0.25, 0.3) is 0 Å². The zero-order valence-corrected chi connectivity index (χ0v) is 11.9. The number of carbonyl (C=O) groups excluding carboxylic acids is 1. The standard InChI is InChI=1S/C16H22N2O2/c19-16(18-11-3-4-12-18)13-20-15-7-5-14(6-8-15)17-9-1-2-10-17/h5-8H,1-4,9-13H2. The van der Waals surface area contributed by atoms with E-state index >= 15 is 0 Å². The Morgan fingerprint density at radius 1 is 0.950 bits per heavy atom. The molecule has 0 radical (unpaired) electrons. The molecule has 4 nitrogen and oxygen atoms in total. The summed E-state index contributed by atoms with van der Waals surface area (Å²) in [4.78, 5) is 16.2. The van der Waals surface area contributed by atoms with Gasteiger partial charge in [0.1, 0.15) is 5.75 Å². The van der Waals surface area contributed by atoms with Gasteiger partial charge in [-0.2, -0.15) is 0 Å². The molecule has 0 N–H and O–H groups in total. The number of anilines is 1. The first kappa shape index (κ1) is 13.3. The number of hydrogen-bond acceptors (Lipinski definition) is 3. The Balaban J connectivity index is 1.51. The molecule has 2 heterocycles. The largest absolute Gasteiger partial charge is 0.484 e. The molecule has 3 rings (SSSR count). The Morgan fingerprint density at radius 3 is 2.20 bits per heavy atom. The van der Waals surface area contributed by atoms with Gasteiger partial charge in [0.15, 0.2) is 6.61 Å². The van der Waals surface area contributed by atoms with E-state index < -0.39 is 0 Å². The minimum Gasteiger partial charge on any atom is -0.484 e. The second-order valence-corrected chi connectivity index (χ2v) is 5.56. The molecule has 0 atom stereocenters. The van der Waals surface area contributed by atoms with Gasteiger partial charge in [-0.25, -0.2) is 0 Å². The van der Waals surface area contributed by atoms with Crippen molar-refractivity contribution in [3.63, 3.8) is 0 Å². The van der Waals surface area contributed by atoms with E-state index in [-0.39, 0.29) is 12.5 Å². The van der Waals surface area contributed by atoms with E-state index in [2.05, 4.69) is 17.0 Å². The minimum absolute atomic E-state index is 0.103. The maximum absolute atomic E-state index is 11.9. The fourth-order valence-corrected chi connectivity index (χ4v) is 2.93. The van der Waals surface area contributed by atoms with Crippen LogP contribution >= 0.6 is 0 Å². The number of ether oxygens (including phenoxy) is 1. The predicted octanol–water partition coefficient (Wildman–Crippen LogP) is 2.29. The van der Waals surface area contributed by atoms with E-state index in [4.69, 9.17) is 4.74 Å². The summed E-state index contributed by atoms with van der Waals surface area (Å²) >= 11 is 0. The van der Waals surface area contributed by atoms with Crippen molar-refractivity contribution in [1.29, 1.82) is 0 Å². The third-order valence-electron chi connectivity index (χ3n) is 4.13. The Labute approximate surface area is 120 Å². The van der Waals surface area contributed by atoms with Crippen molar-refractivity contribution >= 4 is 11.6 Å². The third kappa shape index (κ3) is 3.06. The van der Waals surface area contributed by atoms with Gasteiger partial charge in [-0.05, 0) is 49.9 Å². The first-order valence-electron chi connectivity index (χ1n) is 7.58. The van der Waals surface area contributed by atoms with Crippen LogP contribution in [0.4, 0.5) is 5.69 Å². The van der Waals surface area contributed by atoms with Gasteiger partial charge in [0, 0.05) is 31.9 Å². The lowest BCUT2D eigenvalue weighted by Gasteiger charge is -2.18. The Hall–Kier alpha value is -1.71. The number of rotatable bonds is 4. The van der Waals surface area contributed by atoms with Crippen LogP contribution in [0.3, 0.4) is 0 Å². The normalized spacial score (nSPS) is 18.6. The number of likely N-dealkylation sites (tertiary alicyclic amines) is 1. The first-order chi connectivity index (χ1) is 9.83. The van der Waals surface area contributed by atoms with Crippen molar-refractivity contribution in [2.24, 2.45) is 0 Å². The fraction of sp³-hybridized carbons (Fsp3) is 0.562. The quantitative estimate of drug-likeness (QED) is 0.844. The van der Waals surface area contributed by atoms with Crippen LogP contribution in [0.5, 0.6) is 5.75 Å². The second kappa shape index (κ2) is 6.16. The maximum atomic E-state index is 11.9. The lowest BCUT2D eigenvalue weighted by molar-refractivity contribution is -0.132. The molecule has 4 heteroatoms. The Morgan fingerprint density at radius 2 is 1.55 bits per heavy atom. The van der Waals surface area contributed by atoms with Gasteiger partial charge in [0.25, 0.3) is 5.91 Å². The summed E-state index contributed by atoms with van der Waals surface area (Å²) in [6.45, 7) is 4.22. The van der Waals surface area contributed by atoms with Crippen molar-refractivity contribution < 1.29 is 9.53 Å². The third-order valence-corrected chi connectivity index (χ3v) is 4.13. The maximum Gasteiger partial charge on any atom is 0.260 e. The van der Waals surface area contributed by atoms with Crippen molar-refractivity contribution in [2.75, 3.05) is 37.7 Å². The first-order valence-corrected chi connectivity index (χ1v) is 7.58. The summed E-state index contributed by atoms with van der Waals surface area (Å²) in [7, 11) is 0. The van der Waals surface area contributed by atoms with Crippen LogP contribution in [-0.4, -0.2) is 43.6 Å². The van der Waals surface area contributed by atoms with Crippen LogP contribution in [0, 0.1) is 0 Å². The molecule has 2 aliphatic heterocycles. The topological polar surface area (TPSA) is 32.8 Å². The van der Waals surface area contributed by atoms with Crippen LogP contribution in [0.1, 0.15) is 25.7 Å². The Kier molecular flexibility index (Phi) is 4.09. The van der Waals surface area contributed by atoms with Crippen LogP contribution < -0.4 is 9.64 Å². The van der Waals surface area contributed by atoms with Gasteiger partial charge in [-0.1, -0.05) is 0 Å². The van der Waals surface area contributed by atoms with Gasteiger partial charge < -0.3 is 14.5 Å². The average Bonchev–Trinajstić information content (AvgIpc) is 3.18. The zero-order valence-electron chi connectivity index (χ0n) is 11.9. The van der Waals surface area contributed by atoms with Gasteiger partial charge in [0.05, 0.1) is 0 Å². The molecular weight excluding hydrogens is 252 g/mol. The predicted molar refractivity (Wildman–Crippen MR) is 79.2 cm³/mol. The highest BCUT2D eigenvalue weighted by atomic mass is 16.5. The van der Waals surface area contributed by atoms with Crippen molar-refractivity contribution in [1.82, 2.24) is 4.90 Å². The monoisotopic (exact) mass is 274 g/mol. The number of carbonyl (C=O) groups is 1. The molecule has 1 aromatic rings. The van der Waals surface area contributed by atoms with E-state index in [0.29, 0.717) is 0 Å². The summed E-state index contributed by atoms with van der Waals surface area (Å²) in [5, 5.41) is 0. The molecule has 1 amide bonds. The lowest BCUT2D eigenvalue weighted by Crippen LogP contribution is -2.32. The number of benzene rings is 1. The van der Waals surface area contributed by atoms with Crippen LogP contribution in [0.15, 0.2) is 24.3 Å². The van der Waals surface area contributed by atoms with Crippen LogP contribution in [-0.2, 0) is 4.79 Å². The summed E-state index contributed by atoms with van der Waals surface area (Å²) in [6.07, 6.45) is 4.80. The summed E-state index contributed by atoms with van der Waals surface area (Å²) in [6, 6.07) is 8.10. The van der Waals surface area contributed by atoms with Crippen molar-refractivity contribution in [3.05, 3.63) is 24.3 Å². The van der Waals surface area contributed by atoms with Gasteiger partial charge >= 0.3 is 0 Å². The molecule has 0 spiro atoms.